The lowest BCUT2D eigenvalue weighted by Gasteiger charge is -2.36. The first-order valence-electron chi connectivity index (χ1n) is 11.2. The molecule has 0 saturated carbocycles. The minimum atomic E-state index is -0.560. The van der Waals surface area contributed by atoms with Crippen LogP contribution in [-0.4, -0.2) is 88.6 Å². The van der Waals surface area contributed by atoms with Crippen molar-refractivity contribution in [2.75, 3.05) is 67.0 Å². The number of hydrogen-bond acceptors (Lipinski definition) is 9. The Bertz CT molecular complexity index is 1060. The topological polar surface area (TPSA) is 98.8 Å². The van der Waals surface area contributed by atoms with Gasteiger partial charge in [0.1, 0.15) is 0 Å². The number of anilines is 1. The van der Waals surface area contributed by atoms with E-state index in [1.807, 2.05) is 17.0 Å². The molecule has 0 aliphatic carbocycles. The summed E-state index contributed by atoms with van der Waals surface area (Å²) in [5, 5.41) is 3.63. The van der Waals surface area contributed by atoms with E-state index in [1.54, 1.807) is 33.5 Å². The monoisotopic (exact) mass is 517 g/mol. The van der Waals surface area contributed by atoms with Crippen molar-refractivity contribution in [2.45, 2.75) is 6.54 Å². The molecule has 1 aliphatic heterocycles. The molecule has 2 aromatic carbocycles. The number of carbonyl (C=O) groups is 2. The molecule has 1 heterocycles. The number of esters is 2. The van der Waals surface area contributed by atoms with Crippen molar-refractivity contribution in [2.24, 2.45) is 0 Å². The fraction of sp³-hybridized carbons (Fsp3) is 0.400. The van der Waals surface area contributed by atoms with Crippen LogP contribution >= 0.6 is 12.2 Å². The predicted molar refractivity (Wildman–Crippen MR) is 138 cm³/mol. The molecule has 0 spiro atoms. The summed E-state index contributed by atoms with van der Waals surface area (Å²) in [5.74, 6) is 0.689. The van der Waals surface area contributed by atoms with E-state index >= 15 is 0 Å². The van der Waals surface area contributed by atoms with Crippen molar-refractivity contribution in [1.82, 2.24) is 9.80 Å². The first-order chi connectivity index (χ1) is 17.3. The summed E-state index contributed by atoms with van der Waals surface area (Å²) in [6.07, 6.45) is 0. The molecular weight excluding hydrogens is 486 g/mol. The summed E-state index contributed by atoms with van der Waals surface area (Å²) >= 11 is 5.61. The first-order valence-corrected chi connectivity index (χ1v) is 11.6. The Morgan fingerprint density at radius 1 is 0.806 bits per heavy atom. The number of thiocarbonyl (C=S) groups is 1. The highest BCUT2D eigenvalue weighted by atomic mass is 32.1. The van der Waals surface area contributed by atoms with Crippen molar-refractivity contribution in [3.8, 4) is 17.2 Å². The van der Waals surface area contributed by atoms with Gasteiger partial charge < -0.3 is 33.9 Å². The number of ether oxygens (including phenoxy) is 5. The van der Waals surface area contributed by atoms with E-state index in [0.29, 0.717) is 47.7 Å². The number of rotatable bonds is 8. The fourth-order valence-corrected chi connectivity index (χ4v) is 4.27. The molecule has 11 heteroatoms. The van der Waals surface area contributed by atoms with Crippen LogP contribution in [0.3, 0.4) is 0 Å². The van der Waals surface area contributed by atoms with Crippen molar-refractivity contribution in [1.29, 1.82) is 0 Å². The molecule has 1 fully saturated rings. The third kappa shape index (κ3) is 6.35. The zero-order chi connectivity index (χ0) is 26.2. The Morgan fingerprint density at radius 2 is 1.33 bits per heavy atom. The molecule has 1 N–H and O–H groups in total. The van der Waals surface area contributed by atoms with Gasteiger partial charge >= 0.3 is 11.9 Å². The van der Waals surface area contributed by atoms with Gasteiger partial charge in [-0.15, -0.1) is 0 Å². The molecule has 0 radical (unpaired) electrons. The molecule has 0 aromatic heterocycles. The highest BCUT2D eigenvalue weighted by Crippen LogP contribution is 2.38. The van der Waals surface area contributed by atoms with Crippen LogP contribution < -0.4 is 19.5 Å². The van der Waals surface area contributed by atoms with Gasteiger partial charge in [0.15, 0.2) is 16.6 Å². The van der Waals surface area contributed by atoms with Crippen LogP contribution in [0, 0.1) is 0 Å². The Kier molecular flexibility index (Phi) is 9.31. The lowest BCUT2D eigenvalue weighted by molar-refractivity contribution is 0.0599. The first kappa shape index (κ1) is 27.0. The quantitative estimate of drug-likeness (QED) is 0.413. The molecule has 36 heavy (non-hydrogen) atoms. The molecule has 1 aliphatic rings. The molecule has 194 valence electrons. The largest absolute Gasteiger partial charge is 0.493 e. The summed E-state index contributed by atoms with van der Waals surface area (Å²) in [5.41, 5.74) is 2.00. The Morgan fingerprint density at radius 3 is 1.78 bits per heavy atom. The van der Waals surface area contributed by atoms with Crippen LogP contribution in [0.25, 0.3) is 0 Å². The number of hydrogen-bond donors (Lipinski definition) is 1. The highest BCUT2D eigenvalue weighted by molar-refractivity contribution is 7.80. The van der Waals surface area contributed by atoms with Gasteiger partial charge in [-0.1, -0.05) is 0 Å². The molecule has 3 rings (SSSR count). The van der Waals surface area contributed by atoms with E-state index in [0.717, 1.165) is 18.7 Å². The van der Waals surface area contributed by atoms with E-state index in [2.05, 4.69) is 10.2 Å². The SMILES string of the molecule is COC(=O)c1cc(NC(=S)N2CCN(Cc3cc(OC)c(OC)c(OC)c3)CC2)cc(C(=O)OC)c1. The number of nitrogens with one attached hydrogen (secondary N) is 1. The molecule has 0 bridgehead atoms. The van der Waals surface area contributed by atoms with Gasteiger partial charge in [0.05, 0.1) is 46.7 Å². The normalized spacial score (nSPS) is 13.5. The van der Waals surface area contributed by atoms with Gasteiger partial charge in [0.2, 0.25) is 5.75 Å². The maximum Gasteiger partial charge on any atom is 0.337 e. The van der Waals surface area contributed by atoms with Gasteiger partial charge in [-0.25, -0.2) is 9.59 Å². The zero-order valence-electron chi connectivity index (χ0n) is 21.1. The van der Waals surface area contributed by atoms with Crippen molar-refractivity contribution in [3.05, 3.63) is 47.0 Å². The zero-order valence-corrected chi connectivity index (χ0v) is 21.9. The summed E-state index contributed by atoms with van der Waals surface area (Å²) in [6.45, 7) is 3.70. The molecule has 2 aromatic rings. The second-order valence-corrected chi connectivity index (χ2v) is 8.40. The van der Waals surface area contributed by atoms with E-state index in [9.17, 15) is 9.59 Å². The van der Waals surface area contributed by atoms with Crippen LogP contribution in [0.4, 0.5) is 5.69 Å². The number of benzene rings is 2. The second-order valence-electron chi connectivity index (χ2n) is 8.01. The van der Waals surface area contributed by atoms with Crippen molar-refractivity contribution in [3.63, 3.8) is 0 Å². The van der Waals surface area contributed by atoms with Crippen LogP contribution in [0.5, 0.6) is 17.2 Å². The number of nitrogens with zero attached hydrogens (tertiary/aromatic N) is 2. The van der Waals surface area contributed by atoms with Gasteiger partial charge in [0, 0.05) is 38.4 Å². The number of piperazine rings is 1. The van der Waals surface area contributed by atoms with Gasteiger partial charge in [0.25, 0.3) is 0 Å². The number of methoxy groups -OCH3 is 5. The van der Waals surface area contributed by atoms with Crippen molar-refractivity contribution < 1.29 is 33.3 Å². The number of carbonyl (C=O) groups excluding carboxylic acids is 2. The maximum atomic E-state index is 12.0. The Labute approximate surface area is 216 Å². The van der Waals surface area contributed by atoms with Gasteiger partial charge in [-0.2, -0.15) is 0 Å². The standard InChI is InChI=1S/C25H31N3O7S/c1-31-20-10-16(11-21(32-2)22(20)33-3)15-27-6-8-28(9-7-27)25(36)26-19-13-17(23(29)34-4)12-18(14-19)24(30)35-5/h10-14H,6-9,15H2,1-5H3,(H,26,36). The lowest BCUT2D eigenvalue weighted by Crippen LogP contribution is -2.49. The molecule has 0 amide bonds. The molecule has 0 unspecified atom stereocenters. The predicted octanol–water partition coefficient (Wildman–Crippen LogP) is 2.80. The lowest BCUT2D eigenvalue weighted by atomic mass is 10.1. The summed E-state index contributed by atoms with van der Waals surface area (Å²) in [6, 6.07) is 8.50. The van der Waals surface area contributed by atoms with Crippen LogP contribution in [-0.2, 0) is 16.0 Å². The fourth-order valence-electron chi connectivity index (χ4n) is 3.97. The van der Waals surface area contributed by atoms with Gasteiger partial charge in [-0.05, 0) is 48.1 Å². The third-order valence-electron chi connectivity index (χ3n) is 5.82. The Hall–Kier alpha value is -3.57. The smallest absolute Gasteiger partial charge is 0.337 e. The van der Waals surface area contributed by atoms with Crippen LogP contribution in [0.2, 0.25) is 0 Å². The van der Waals surface area contributed by atoms with E-state index in [-0.39, 0.29) is 11.1 Å². The third-order valence-corrected chi connectivity index (χ3v) is 6.18. The van der Waals surface area contributed by atoms with Gasteiger partial charge in [-0.3, -0.25) is 4.90 Å². The molecule has 1 saturated heterocycles. The Balaban J connectivity index is 1.64. The average Bonchev–Trinajstić information content (AvgIpc) is 2.91. The second kappa shape index (κ2) is 12.4. The summed E-state index contributed by atoms with van der Waals surface area (Å²) in [7, 11) is 7.34. The molecule has 0 atom stereocenters. The minimum absolute atomic E-state index is 0.223. The summed E-state index contributed by atoms with van der Waals surface area (Å²) < 4.78 is 25.9. The van der Waals surface area contributed by atoms with E-state index in [4.69, 9.17) is 35.9 Å². The highest BCUT2D eigenvalue weighted by Gasteiger charge is 2.22. The molecule has 10 nitrogen and oxygen atoms in total. The van der Waals surface area contributed by atoms with E-state index in [1.165, 1.54) is 20.3 Å². The van der Waals surface area contributed by atoms with E-state index < -0.39 is 11.9 Å². The summed E-state index contributed by atoms with van der Waals surface area (Å²) in [4.78, 5) is 28.4. The molecular formula is C25H31N3O7S. The average molecular weight is 518 g/mol. The van der Waals surface area contributed by atoms with Crippen LogP contribution in [0.1, 0.15) is 26.3 Å². The maximum absolute atomic E-state index is 12.0. The minimum Gasteiger partial charge on any atom is -0.493 e. The van der Waals surface area contributed by atoms with Crippen molar-refractivity contribution >= 4 is 35.0 Å². The van der Waals surface area contributed by atoms with Crippen LogP contribution in [0.15, 0.2) is 30.3 Å².